The van der Waals surface area contributed by atoms with Gasteiger partial charge in [-0.2, -0.15) is 4.58 Å². The second-order valence-electron chi connectivity index (χ2n) is 10.9. The fourth-order valence-corrected chi connectivity index (χ4v) is 6.04. The Labute approximate surface area is 210 Å². The van der Waals surface area contributed by atoms with Gasteiger partial charge < -0.3 is 10.0 Å². The molecule has 1 N–H and O–H groups in total. The van der Waals surface area contributed by atoms with E-state index in [2.05, 4.69) is 66.4 Å². The zero-order valence-electron chi connectivity index (χ0n) is 21.7. The first-order valence-electron chi connectivity index (χ1n) is 12.2. The van der Waals surface area contributed by atoms with E-state index in [1.807, 2.05) is 50.5 Å². The second-order valence-corrected chi connectivity index (χ2v) is 10.9. The van der Waals surface area contributed by atoms with Gasteiger partial charge in [0.15, 0.2) is 11.1 Å². The maximum absolute atomic E-state index is 13.6. The summed E-state index contributed by atoms with van der Waals surface area (Å²) >= 11 is 0. The molecule has 0 radical (unpaired) electrons. The summed E-state index contributed by atoms with van der Waals surface area (Å²) in [6.07, 6.45) is 3.88. The minimum atomic E-state index is -1.02. The smallest absolute Gasteiger partial charge is 0.325 e. The number of para-hydroxylation sites is 2. The number of nitrogens with zero attached hydrogens (tertiary/aromatic N) is 3. The number of carboxylic acids is 1. The lowest BCUT2D eigenvalue weighted by atomic mass is 9.79. The van der Waals surface area contributed by atoms with Gasteiger partial charge in [0.25, 0.3) is 0 Å². The van der Waals surface area contributed by atoms with Gasteiger partial charge in [0.05, 0.1) is 22.0 Å². The number of aliphatic carboxylic acids is 1. The molecular weight excluding hydrogens is 450 g/mol. The van der Waals surface area contributed by atoms with Crippen LogP contribution in [-0.4, -0.2) is 48.0 Å². The van der Waals surface area contributed by atoms with E-state index in [4.69, 9.17) is 0 Å². The van der Waals surface area contributed by atoms with E-state index >= 15 is 0 Å². The molecule has 6 nitrogen and oxygen atoms in total. The first-order chi connectivity index (χ1) is 17.0. The average molecular weight is 483 g/mol. The third-order valence-corrected chi connectivity index (χ3v) is 8.05. The highest BCUT2D eigenvalue weighted by molar-refractivity contribution is 6.15. The second kappa shape index (κ2) is 8.12. The van der Waals surface area contributed by atoms with Crippen LogP contribution in [0.15, 0.2) is 58.3 Å². The molecule has 1 unspecified atom stereocenters. The van der Waals surface area contributed by atoms with E-state index in [1.165, 1.54) is 11.1 Å². The van der Waals surface area contributed by atoms with Crippen LogP contribution in [0.1, 0.15) is 38.8 Å². The Morgan fingerprint density at radius 1 is 1.06 bits per heavy atom. The van der Waals surface area contributed by atoms with Crippen LogP contribution in [0.5, 0.6) is 0 Å². The number of hydrogen-bond acceptors (Lipinski definition) is 4. The summed E-state index contributed by atoms with van der Waals surface area (Å²) in [5.41, 5.74) is 5.03. The Kier molecular flexibility index (Phi) is 5.39. The Morgan fingerprint density at radius 2 is 1.69 bits per heavy atom. The van der Waals surface area contributed by atoms with Crippen molar-refractivity contribution in [3.63, 3.8) is 0 Å². The predicted molar refractivity (Wildman–Crippen MR) is 143 cm³/mol. The number of carboxylic acid groups (broad SMARTS) is 1. The van der Waals surface area contributed by atoms with E-state index in [1.54, 1.807) is 0 Å². The third kappa shape index (κ3) is 3.39. The molecule has 184 valence electrons. The molecule has 0 aliphatic carbocycles. The maximum atomic E-state index is 13.6. The van der Waals surface area contributed by atoms with Crippen LogP contribution in [0.25, 0.3) is 12.2 Å². The molecular formula is C30H32N3O3+. The molecule has 0 amide bonds. The van der Waals surface area contributed by atoms with Crippen LogP contribution >= 0.6 is 0 Å². The monoisotopic (exact) mass is 482 g/mol. The van der Waals surface area contributed by atoms with Gasteiger partial charge in [0, 0.05) is 41.1 Å². The lowest BCUT2D eigenvalue weighted by Gasteiger charge is -2.29. The van der Waals surface area contributed by atoms with Gasteiger partial charge in [-0.25, -0.2) is 0 Å². The first kappa shape index (κ1) is 23.9. The topological polar surface area (TPSA) is 73.0 Å². The highest BCUT2D eigenvalue weighted by Gasteiger charge is 2.44. The molecule has 0 spiro atoms. The van der Waals surface area contributed by atoms with Crippen molar-refractivity contribution in [1.29, 1.82) is 0 Å². The molecule has 2 aliphatic heterocycles. The fraction of sp³-hybridized carbons (Fsp3) is 0.333. The number of fused-ring (bicyclic) bond motifs is 2. The van der Waals surface area contributed by atoms with Gasteiger partial charge in [-0.1, -0.05) is 50.2 Å². The molecule has 36 heavy (non-hydrogen) atoms. The van der Waals surface area contributed by atoms with Crippen molar-refractivity contribution < 1.29 is 14.5 Å². The number of anilines is 1. The van der Waals surface area contributed by atoms with Crippen LogP contribution in [0, 0.1) is 0 Å². The molecule has 2 heterocycles. The summed E-state index contributed by atoms with van der Waals surface area (Å²) in [7, 11) is 4.04. The normalized spacial score (nSPS) is 21.4. The lowest BCUT2D eigenvalue weighted by molar-refractivity contribution is -0.400. The number of benzene rings is 2. The van der Waals surface area contributed by atoms with E-state index in [9.17, 15) is 14.7 Å². The van der Waals surface area contributed by atoms with Gasteiger partial charge in [0.1, 0.15) is 13.6 Å². The van der Waals surface area contributed by atoms with Crippen LogP contribution in [0.2, 0.25) is 0 Å². The molecule has 0 fully saturated rings. The van der Waals surface area contributed by atoms with Crippen molar-refractivity contribution in [2.45, 2.75) is 44.6 Å². The van der Waals surface area contributed by atoms with Gasteiger partial charge in [-0.3, -0.25) is 14.6 Å². The Bertz CT molecular complexity index is 1650. The minimum absolute atomic E-state index is 0.0621. The lowest BCUT2D eigenvalue weighted by Crippen LogP contribution is -2.66. The summed E-state index contributed by atoms with van der Waals surface area (Å²) in [4.78, 5) is 31.5. The van der Waals surface area contributed by atoms with E-state index in [0.29, 0.717) is 15.8 Å². The van der Waals surface area contributed by atoms with Gasteiger partial charge in [-0.05, 0) is 31.6 Å². The largest absolute Gasteiger partial charge is 0.480 e. The Hall–Kier alpha value is -3.80. The molecule has 0 saturated heterocycles. The van der Waals surface area contributed by atoms with Gasteiger partial charge in [-0.15, -0.1) is 0 Å². The molecule has 2 aliphatic rings. The Morgan fingerprint density at radius 3 is 2.33 bits per heavy atom. The molecule has 0 aromatic heterocycles. The zero-order valence-corrected chi connectivity index (χ0v) is 21.7. The average Bonchev–Trinajstić information content (AvgIpc) is 3.16. The predicted octanol–water partition coefficient (Wildman–Crippen LogP) is 1.97. The SMILES string of the molecule is CN1c2ccccc2C(C)(C)C1/C=c1\c(=O)/c(=C\C2=[N+](C)c3ccccc3C2(C)C)c1=NCC(=O)O. The molecule has 0 saturated carbocycles. The minimum Gasteiger partial charge on any atom is -0.480 e. The Balaban J connectivity index is 1.70. The van der Waals surface area contributed by atoms with Gasteiger partial charge >= 0.3 is 5.97 Å². The number of carbonyl (C=O) groups is 1. The summed E-state index contributed by atoms with van der Waals surface area (Å²) in [6, 6.07) is 16.4. The molecule has 1 atom stereocenters. The van der Waals surface area contributed by atoms with E-state index in [-0.39, 0.29) is 28.8 Å². The van der Waals surface area contributed by atoms with Crippen molar-refractivity contribution in [2.24, 2.45) is 4.99 Å². The third-order valence-electron chi connectivity index (χ3n) is 8.05. The van der Waals surface area contributed by atoms with Crippen molar-refractivity contribution >= 4 is 35.2 Å². The fourth-order valence-electron chi connectivity index (χ4n) is 6.04. The molecule has 6 heteroatoms. The molecule has 3 aromatic carbocycles. The number of likely N-dealkylation sites (N-methyl/N-ethyl adjacent to an activating group) is 1. The molecule has 5 rings (SSSR count). The molecule has 3 aromatic rings. The maximum Gasteiger partial charge on any atom is 0.325 e. The summed E-state index contributed by atoms with van der Waals surface area (Å²) < 4.78 is 2.11. The van der Waals surface area contributed by atoms with Crippen molar-refractivity contribution in [3.8, 4) is 0 Å². The van der Waals surface area contributed by atoms with Crippen molar-refractivity contribution in [2.75, 3.05) is 25.5 Å². The van der Waals surface area contributed by atoms with Crippen LogP contribution in [0.3, 0.4) is 0 Å². The highest BCUT2D eigenvalue weighted by Crippen LogP contribution is 2.44. The van der Waals surface area contributed by atoms with E-state index < -0.39 is 5.97 Å². The van der Waals surface area contributed by atoms with Crippen molar-refractivity contribution in [1.82, 2.24) is 0 Å². The number of rotatable bonds is 4. The number of hydrogen-bond donors (Lipinski definition) is 1. The van der Waals surface area contributed by atoms with Crippen LogP contribution < -0.4 is 26.1 Å². The summed E-state index contributed by atoms with van der Waals surface area (Å²) in [5, 5.41) is 10.8. The quantitative estimate of drug-likeness (QED) is 0.577. The van der Waals surface area contributed by atoms with Crippen molar-refractivity contribution in [3.05, 3.63) is 85.7 Å². The summed E-state index contributed by atoms with van der Waals surface area (Å²) in [6.45, 7) is 8.25. The summed E-state index contributed by atoms with van der Waals surface area (Å²) in [5.74, 6) is -1.02. The zero-order chi connectivity index (χ0) is 26.0. The molecule has 0 bridgehead atoms. The van der Waals surface area contributed by atoms with Crippen LogP contribution in [0.4, 0.5) is 11.4 Å². The first-order valence-corrected chi connectivity index (χ1v) is 12.2. The van der Waals surface area contributed by atoms with Gasteiger partial charge in [0.2, 0.25) is 5.69 Å². The van der Waals surface area contributed by atoms with Crippen LogP contribution in [-0.2, 0) is 15.6 Å². The standard InChI is InChI=1S/C30H31N3O3/c1-29(2)20-11-7-9-13-22(20)32(5)24(29)15-18-27(31-17-26(34)35)19(28(18)36)16-25-30(3,4)21-12-8-10-14-23(21)33(25)6/h7-16,24H,17H2,1-6H3/p+1/b18-15-,19-16-,31-27?. The highest BCUT2D eigenvalue weighted by atomic mass is 16.4. The van der Waals surface area contributed by atoms with E-state index in [0.717, 1.165) is 17.1 Å².